The van der Waals surface area contributed by atoms with E-state index in [0.29, 0.717) is 21.5 Å². The van der Waals surface area contributed by atoms with Gasteiger partial charge in [-0.15, -0.1) is 0 Å². The summed E-state index contributed by atoms with van der Waals surface area (Å²) in [5, 5.41) is 7.81. The molecule has 0 saturated heterocycles. The van der Waals surface area contributed by atoms with E-state index in [1.54, 1.807) is 30.3 Å². The maximum atomic E-state index is 13.2. The third-order valence-electron chi connectivity index (χ3n) is 5.56. The smallest absolute Gasteiger partial charge is 0.286 e. The summed E-state index contributed by atoms with van der Waals surface area (Å²) < 4.78 is 18.5. The number of benzene rings is 3. The zero-order valence-corrected chi connectivity index (χ0v) is 19.7. The van der Waals surface area contributed by atoms with E-state index in [4.69, 9.17) is 21.4 Å². The largest absolute Gasteiger partial charge is 0.497 e. The number of hydrogen-bond acceptors (Lipinski definition) is 5. The van der Waals surface area contributed by atoms with E-state index in [0.717, 1.165) is 28.2 Å². The monoisotopic (exact) mass is 491 g/mol. The molecule has 34 heavy (non-hydrogen) atoms. The second-order valence-corrected chi connectivity index (χ2v) is 9.20. The lowest BCUT2D eigenvalue weighted by Gasteiger charge is -2.22. The molecule has 2 aliphatic rings. The Morgan fingerprint density at radius 1 is 1.06 bits per heavy atom. The van der Waals surface area contributed by atoms with Gasteiger partial charge in [0.25, 0.3) is 5.91 Å². The van der Waals surface area contributed by atoms with Crippen LogP contribution in [-0.4, -0.2) is 28.9 Å². The molecule has 1 unspecified atom stereocenters. The number of nitrogens with zero attached hydrogens (tertiary/aromatic N) is 3. The van der Waals surface area contributed by atoms with Crippen molar-refractivity contribution >= 4 is 46.2 Å². The molecule has 0 radical (unpaired) electrons. The van der Waals surface area contributed by atoms with Crippen molar-refractivity contribution in [2.24, 2.45) is 10.1 Å². The molecule has 0 saturated carbocycles. The number of hydrogen-bond donors (Lipinski definition) is 0. The second-order valence-electron chi connectivity index (χ2n) is 7.75. The van der Waals surface area contributed by atoms with Crippen LogP contribution in [-0.2, 0) is 4.79 Å². The molecule has 1 atom stereocenters. The number of carbonyl (C=O) groups excluding carboxylic acids is 1. The molecular formula is C26H19ClFN3O2S. The number of rotatable bonds is 4. The summed E-state index contributed by atoms with van der Waals surface area (Å²) in [6.45, 7) is 0. The summed E-state index contributed by atoms with van der Waals surface area (Å²) in [7, 11) is 1.63. The van der Waals surface area contributed by atoms with Crippen molar-refractivity contribution in [2.45, 2.75) is 12.5 Å². The number of amidine groups is 1. The van der Waals surface area contributed by atoms with E-state index in [-0.39, 0.29) is 17.8 Å². The van der Waals surface area contributed by atoms with E-state index in [1.807, 2.05) is 48.5 Å². The first-order chi connectivity index (χ1) is 16.5. The Morgan fingerprint density at radius 2 is 1.76 bits per heavy atom. The van der Waals surface area contributed by atoms with Crippen molar-refractivity contribution in [1.82, 2.24) is 5.01 Å². The van der Waals surface area contributed by atoms with Gasteiger partial charge in [-0.05, 0) is 83.1 Å². The number of aliphatic imine (C=N–C) groups is 1. The van der Waals surface area contributed by atoms with Gasteiger partial charge < -0.3 is 4.74 Å². The fourth-order valence-electron chi connectivity index (χ4n) is 3.80. The van der Waals surface area contributed by atoms with E-state index >= 15 is 0 Å². The van der Waals surface area contributed by atoms with Crippen LogP contribution in [0.2, 0.25) is 5.02 Å². The number of ether oxygens (including phenoxy) is 1. The van der Waals surface area contributed by atoms with Crippen molar-refractivity contribution in [3.8, 4) is 5.75 Å². The third-order valence-corrected chi connectivity index (χ3v) is 6.79. The number of methoxy groups -OCH3 is 1. The Bertz CT molecular complexity index is 1320. The minimum Gasteiger partial charge on any atom is -0.497 e. The fraction of sp³-hybridized carbons (Fsp3) is 0.115. The standard InChI is InChI=1S/C26H19ClFN3O2S/c1-33-21-12-6-17(7-13-21)22-15-23(18-4-8-19(27)9-5-18)31(30-22)26-29-25(32)24(34-26)14-16-2-10-20(28)11-3-16/h2-14,23H,15H2,1H3/b24-14-. The lowest BCUT2D eigenvalue weighted by atomic mass is 9.98. The molecule has 2 heterocycles. The molecular weight excluding hydrogens is 473 g/mol. The van der Waals surface area contributed by atoms with E-state index < -0.39 is 0 Å². The number of carbonyl (C=O) groups is 1. The minimum atomic E-state index is -0.340. The normalized spacial score (nSPS) is 18.9. The van der Waals surface area contributed by atoms with Crippen molar-refractivity contribution in [3.05, 3.63) is 105 Å². The van der Waals surface area contributed by atoms with Crippen LogP contribution in [0.3, 0.4) is 0 Å². The van der Waals surface area contributed by atoms with Gasteiger partial charge in [0.2, 0.25) is 0 Å². The summed E-state index contributed by atoms with van der Waals surface area (Å²) in [5.74, 6) is 0.102. The first-order valence-corrected chi connectivity index (χ1v) is 11.7. The molecule has 0 fully saturated rings. The van der Waals surface area contributed by atoms with Gasteiger partial charge in [0.05, 0.1) is 23.8 Å². The Hall–Kier alpha value is -3.42. The average Bonchev–Trinajstić information content (AvgIpc) is 3.45. The van der Waals surface area contributed by atoms with Crippen molar-refractivity contribution in [1.29, 1.82) is 0 Å². The highest BCUT2D eigenvalue weighted by Gasteiger charge is 2.36. The first-order valence-electron chi connectivity index (χ1n) is 10.5. The molecule has 3 aromatic rings. The SMILES string of the molecule is COc1ccc(C2=NN(C3=NC(=O)/C(=C/c4ccc(F)cc4)S3)C(c3ccc(Cl)cc3)C2)cc1. The molecule has 170 valence electrons. The molecule has 8 heteroatoms. The zero-order valence-electron chi connectivity index (χ0n) is 18.1. The van der Waals surface area contributed by atoms with Crippen molar-refractivity contribution in [2.75, 3.05) is 7.11 Å². The number of thioether (sulfide) groups is 1. The maximum absolute atomic E-state index is 13.2. The van der Waals surface area contributed by atoms with Gasteiger partial charge in [-0.2, -0.15) is 10.1 Å². The molecule has 0 N–H and O–H groups in total. The van der Waals surface area contributed by atoms with Gasteiger partial charge in [-0.25, -0.2) is 9.40 Å². The zero-order chi connectivity index (χ0) is 23.7. The van der Waals surface area contributed by atoms with Crippen LogP contribution < -0.4 is 4.74 Å². The van der Waals surface area contributed by atoms with Gasteiger partial charge >= 0.3 is 0 Å². The summed E-state index contributed by atoms with van der Waals surface area (Å²) in [6.07, 6.45) is 2.35. The molecule has 3 aromatic carbocycles. The Morgan fingerprint density at radius 3 is 2.44 bits per heavy atom. The topological polar surface area (TPSA) is 54.3 Å². The Labute approximate surface area is 205 Å². The molecule has 0 bridgehead atoms. The van der Waals surface area contributed by atoms with Crippen LogP contribution >= 0.6 is 23.4 Å². The van der Waals surface area contributed by atoms with Gasteiger partial charge in [0.1, 0.15) is 11.6 Å². The number of amides is 1. The van der Waals surface area contributed by atoms with Crippen molar-refractivity contribution < 1.29 is 13.9 Å². The summed E-state index contributed by atoms with van der Waals surface area (Å²) in [5.41, 5.74) is 3.60. The van der Waals surface area contributed by atoms with Crippen molar-refractivity contribution in [3.63, 3.8) is 0 Å². The van der Waals surface area contributed by atoms with E-state index in [9.17, 15) is 9.18 Å². The lowest BCUT2D eigenvalue weighted by molar-refractivity contribution is -0.113. The lowest BCUT2D eigenvalue weighted by Crippen LogP contribution is -2.23. The summed E-state index contributed by atoms with van der Waals surface area (Å²) in [4.78, 5) is 17.4. The minimum absolute atomic E-state index is 0.140. The summed E-state index contributed by atoms with van der Waals surface area (Å²) in [6, 6.07) is 21.2. The van der Waals surface area contributed by atoms with Crippen LogP contribution in [0, 0.1) is 5.82 Å². The second kappa shape index (κ2) is 9.44. The van der Waals surface area contributed by atoms with E-state index in [2.05, 4.69) is 4.99 Å². The Balaban J connectivity index is 1.47. The van der Waals surface area contributed by atoms with Crippen LogP contribution in [0.25, 0.3) is 6.08 Å². The van der Waals surface area contributed by atoms with Gasteiger partial charge in [0, 0.05) is 11.4 Å². The van der Waals surface area contributed by atoms with Crippen LogP contribution in [0.1, 0.15) is 29.2 Å². The van der Waals surface area contributed by atoms with Gasteiger partial charge in [-0.3, -0.25) is 4.79 Å². The highest BCUT2D eigenvalue weighted by atomic mass is 35.5. The molecule has 5 rings (SSSR count). The maximum Gasteiger partial charge on any atom is 0.286 e. The number of hydrazone groups is 1. The molecule has 5 nitrogen and oxygen atoms in total. The molecule has 0 aromatic heterocycles. The fourth-order valence-corrected chi connectivity index (χ4v) is 4.84. The number of halogens is 2. The summed E-state index contributed by atoms with van der Waals surface area (Å²) >= 11 is 7.36. The molecule has 0 spiro atoms. The van der Waals surface area contributed by atoms with Gasteiger partial charge in [-0.1, -0.05) is 35.9 Å². The van der Waals surface area contributed by atoms with Crippen LogP contribution in [0.4, 0.5) is 4.39 Å². The van der Waals surface area contributed by atoms with Crippen LogP contribution in [0.5, 0.6) is 5.75 Å². The Kier molecular flexibility index (Phi) is 6.22. The average molecular weight is 492 g/mol. The predicted molar refractivity (Wildman–Crippen MR) is 135 cm³/mol. The molecule has 1 amide bonds. The predicted octanol–water partition coefficient (Wildman–Crippen LogP) is 6.31. The van der Waals surface area contributed by atoms with Crippen LogP contribution in [0.15, 0.2) is 87.8 Å². The first kappa shape index (κ1) is 22.4. The molecule has 0 aliphatic carbocycles. The highest BCUT2D eigenvalue weighted by Crippen LogP contribution is 2.40. The quantitative estimate of drug-likeness (QED) is 0.401. The van der Waals surface area contributed by atoms with Gasteiger partial charge in [0.15, 0.2) is 5.17 Å². The third kappa shape index (κ3) is 4.62. The molecule has 2 aliphatic heterocycles. The van der Waals surface area contributed by atoms with E-state index in [1.165, 1.54) is 23.9 Å². The highest BCUT2D eigenvalue weighted by molar-refractivity contribution is 8.18.